The fourth-order valence-electron chi connectivity index (χ4n) is 3.68. The normalized spacial score (nSPS) is 12.0. The summed E-state index contributed by atoms with van der Waals surface area (Å²) >= 11 is 0. The second-order valence-electron chi connectivity index (χ2n) is 7.35. The van der Waals surface area contributed by atoms with Gasteiger partial charge in [-0.25, -0.2) is 9.18 Å². The van der Waals surface area contributed by atoms with E-state index in [0.29, 0.717) is 17.8 Å². The highest BCUT2D eigenvalue weighted by molar-refractivity contribution is 5.89. The van der Waals surface area contributed by atoms with Crippen LogP contribution >= 0.6 is 0 Å². The zero-order chi connectivity index (χ0) is 21.1. The first kappa shape index (κ1) is 19.6. The van der Waals surface area contributed by atoms with Gasteiger partial charge in [0.2, 0.25) is 0 Å². The van der Waals surface area contributed by atoms with Gasteiger partial charge >= 0.3 is 6.03 Å². The standard InChI is InChI=1S/C24H23FN4O/c1-16-9-10-18(12-22(16)25)28-24(30)27-14-20(17-6-5-11-26-13-17)21-15-29(2)23-8-4-3-7-19(21)23/h3-13,15,20H,14H2,1-2H3,(H2,27,28,30)/t20-/m1/s1. The van der Waals surface area contributed by atoms with Crippen LogP contribution in [-0.2, 0) is 7.05 Å². The number of rotatable bonds is 5. The summed E-state index contributed by atoms with van der Waals surface area (Å²) in [5.74, 6) is -0.429. The third-order valence-corrected chi connectivity index (χ3v) is 5.29. The van der Waals surface area contributed by atoms with Gasteiger partial charge in [0.05, 0.1) is 0 Å². The minimum Gasteiger partial charge on any atom is -0.350 e. The van der Waals surface area contributed by atoms with Gasteiger partial charge in [-0.05, 0) is 47.9 Å². The van der Waals surface area contributed by atoms with Crippen LogP contribution in [0.2, 0.25) is 0 Å². The molecular weight excluding hydrogens is 379 g/mol. The Hall–Kier alpha value is -3.67. The van der Waals surface area contributed by atoms with Crippen molar-refractivity contribution in [3.05, 3.63) is 95.7 Å². The number of nitrogens with one attached hydrogen (secondary N) is 2. The number of pyridine rings is 1. The Morgan fingerprint density at radius 3 is 2.77 bits per heavy atom. The number of carbonyl (C=O) groups excluding carboxylic acids is 1. The molecule has 2 amide bonds. The predicted molar refractivity (Wildman–Crippen MR) is 117 cm³/mol. The van der Waals surface area contributed by atoms with Crippen LogP contribution in [0.5, 0.6) is 0 Å². The van der Waals surface area contributed by atoms with Gasteiger partial charge in [-0.15, -0.1) is 0 Å². The molecule has 0 saturated carbocycles. The fourth-order valence-corrected chi connectivity index (χ4v) is 3.68. The molecule has 0 aliphatic heterocycles. The first-order chi connectivity index (χ1) is 14.5. The number of benzene rings is 2. The maximum Gasteiger partial charge on any atom is 0.319 e. The van der Waals surface area contributed by atoms with Gasteiger partial charge in [-0.1, -0.05) is 30.3 Å². The van der Waals surface area contributed by atoms with E-state index >= 15 is 0 Å². The summed E-state index contributed by atoms with van der Waals surface area (Å²) in [5, 5.41) is 6.76. The average Bonchev–Trinajstić information content (AvgIpc) is 3.08. The second kappa shape index (κ2) is 8.37. The summed E-state index contributed by atoms with van der Waals surface area (Å²) in [6.45, 7) is 2.06. The van der Waals surface area contributed by atoms with Gasteiger partial charge in [0.15, 0.2) is 0 Å². The number of aromatic nitrogens is 2. The van der Waals surface area contributed by atoms with E-state index in [0.717, 1.165) is 22.0 Å². The molecule has 0 saturated heterocycles. The number of hydrogen-bond donors (Lipinski definition) is 2. The molecule has 2 heterocycles. The summed E-state index contributed by atoms with van der Waals surface area (Å²) in [6, 6.07) is 16.3. The van der Waals surface area contributed by atoms with E-state index in [1.54, 1.807) is 25.3 Å². The maximum atomic E-state index is 13.8. The lowest BCUT2D eigenvalue weighted by Crippen LogP contribution is -2.32. The Balaban J connectivity index is 1.58. The first-order valence-electron chi connectivity index (χ1n) is 9.78. The van der Waals surface area contributed by atoms with Crippen molar-refractivity contribution >= 4 is 22.6 Å². The Kier molecular flexibility index (Phi) is 5.48. The minimum atomic E-state index is -0.382. The van der Waals surface area contributed by atoms with Crippen molar-refractivity contribution in [2.45, 2.75) is 12.8 Å². The van der Waals surface area contributed by atoms with Crippen molar-refractivity contribution in [2.75, 3.05) is 11.9 Å². The number of fused-ring (bicyclic) bond motifs is 1. The van der Waals surface area contributed by atoms with Crippen molar-refractivity contribution in [3.63, 3.8) is 0 Å². The van der Waals surface area contributed by atoms with Gasteiger partial charge in [-0.2, -0.15) is 0 Å². The number of para-hydroxylation sites is 1. The van der Waals surface area contributed by atoms with E-state index in [1.807, 2.05) is 37.5 Å². The molecule has 4 rings (SSSR count). The molecule has 4 aromatic rings. The van der Waals surface area contributed by atoms with Crippen molar-refractivity contribution in [1.82, 2.24) is 14.9 Å². The van der Waals surface area contributed by atoms with E-state index in [9.17, 15) is 9.18 Å². The highest BCUT2D eigenvalue weighted by Gasteiger charge is 2.20. The van der Waals surface area contributed by atoms with Gasteiger partial charge in [0.1, 0.15) is 5.82 Å². The molecular formula is C24H23FN4O. The molecule has 2 aromatic heterocycles. The predicted octanol–water partition coefficient (Wildman–Crippen LogP) is 4.97. The number of carbonyl (C=O) groups is 1. The largest absolute Gasteiger partial charge is 0.350 e. The number of nitrogens with zero attached hydrogens (tertiary/aromatic N) is 2. The number of aryl methyl sites for hydroxylation is 2. The summed E-state index contributed by atoms with van der Waals surface area (Å²) in [7, 11) is 2.01. The smallest absolute Gasteiger partial charge is 0.319 e. The van der Waals surface area contributed by atoms with Crippen molar-refractivity contribution in [2.24, 2.45) is 7.05 Å². The lowest BCUT2D eigenvalue weighted by molar-refractivity contribution is 0.252. The van der Waals surface area contributed by atoms with E-state index in [2.05, 4.69) is 38.5 Å². The van der Waals surface area contributed by atoms with E-state index < -0.39 is 0 Å². The molecule has 0 bridgehead atoms. The third kappa shape index (κ3) is 4.03. The molecule has 0 fully saturated rings. The number of urea groups is 1. The number of anilines is 1. The van der Waals surface area contributed by atoms with E-state index in [-0.39, 0.29) is 17.8 Å². The summed E-state index contributed by atoms with van der Waals surface area (Å²) in [4.78, 5) is 16.7. The Labute approximate surface area is 174 Å². The Morgan fingerprint density at radius 2 is 2.00 bits per heavy atom. The van der Waals surface area contributed by atoms with Crippen LogP contribution in [-0.4, -0.2) is 22.1 Å². The number of hydrogen-bond acceptors (Lipinski definition) is 2. The Morgan fingerprint density at radius 1 is 1.17 bits per heavy atom. The van der Waals surface area contributed by atoms with Gasteiger partial charge < -0.3 is 15.2 Å². The quantitative estimate of drug-likeness (QED) is 0.495. The molecule has 5 nitrogen and oxygen atoms in total. The average molecular weight is 402 g/mol. The van der Waals surface area contributed by atoms with Gasteiger partial charge in [0, 0.05) is 54.7 Å². The summed E-state index contributed by atoms with van der Waals surface area (Å²) in [6.07, 6.45) is 5.65. The van der Waals surface area contributed by atoms with Gasteiger partial charge in [0.25, 0.3) is 0 Å². The van der Waals surface area contributed by atoms with Gasteiger partial charge in [-0.3, -0.25) is 4.98 Å². The van der Waals surface area contributed by atoms with Crippen LogP contribution < -0.4 is 10.6 Å². The highest BCUT2D eigenvalue weighted by Crippen LogP contribution is 2.31. The van der Waals surface area contributed by atoms with Crippen LogP contribution in [0.1, 0.15) is 22.6 Å². The molecule has 30 heavy (non-hydrogen) atoms. The van der Waals surface area contributed by atoms with Crippen LogP contribution in [0.3, 0.4) is 0 Å². The van der Waals surface area contributed by atoms with Crippen molar-refractivity contribution < 1.29 is 9.18 Å². The van der Waals surface area contributed by atoms with Crippen LogP contribution in [0.15, 0.2) is 73.2 Å². The SMILES string of the molecule is Cc1ccc(NC(=O)NC[C@H](c2cccnc2)c2cn(C)c3ccccc23)cc1F. The lowest BCUT2D eigenvalue weighted by atomic mass is 9.92. The fraction of sp³-hybridized carbons (Fsp3) is 0.167. The van der Waals surface area contributed by atoms with Crippen molar-refractivity contribution in [1.29, 1.82) is 0 Å². The topological polar surface area (TPSA) is 59.0 Å². The lowest BCUT2D eigenvalue weighted by Gasteiger charge is -2.18. The van der Waals surface area contributed by atoms with Crippen LogP contribution in [0, 0.1) is 12.7 Å². The van der Waals surface area contributed by atoms with E-state index in [1.165, 1.54) is 6.07 Å². The number of amides is 2. The molecule has 0 aliphatic rings. The first-order valence-corrected chi connectivity index (χ1v) is 9.78. The number of halogens is 1. The molecule has 1 atom stereocenters. The summed E-state index contributed by atoms with van der Waals surface area (Å²) < 4.78 is 15.8. The molecule has 0 spiro atoms. The monoisotopic (exact) mass is 402 g/mol. The molecule has 2 aromatic carbocycles. The summed E-state index contributed by atoms with van der Waals surface area (Å²) in [5.41, 5.74) is 4.20. The zero-order valence-corrected chi connectivity index (χ0v) is 16.9. The molecule has 0 radical (unpaired) electrons. The second-order valence-corrected chi connectivity index (χ2v) is 7.35. The maximum absolute atomic E-state index is 13.8. The molecule has 6 heteroatoms. The Bertz CT molecular complexity index is 1190. The van der Waals surface area contributed by atoms with Crippen molar-refractivity contribution in [3.8, 4) is 0 Å². The highest BCUT2D eigenvalue weighted by atomic mass is 19.1. The molecule has 152 valence electrons. The molecule has 0 aliphatic carbocycles. The van der Waals surface area contributed by atoms with Crippen LogP contribution in [0.25, 0.3) is 10.9 Å². The van der Waals surface area contributed by atoms with Crippen LogP contribution in [0.4, 0.5) is 14.9 Å². The minimum absolute atomic E-state index is 0.0784. The zero-order valence-electron chi connectivity index (χ0n) is 16.9. The van der Waals surface area contributed by atoms with E-state index in [4.69, 9.17) is 0 Å². The third-order valence-electron chi connectivity index (χ3n) is 5.29. The molecule has 2 N–H and O–H groups in total. The molecule has 0 unspecified atom stereocenters.